The number of methoxy groups -OCH3 is 1. The molecular weight excluding hydrogens is 272 g/mol. The van der Waals surface area contributed by atoms with Crippen molar-refractivity contribution in [1.82, 2.24) is 5.32 Å². The van der Waals surface area contributed by atoms with Crippen LogP contribution in [0.15, 0.2) is 36.4 Å². The second kappa shape index (κ2) is 6.68. The molecule has 0 saturated heterocycles. The molecule has 0 saturated carbocycles. The van der Waals surface area contributed by atoms with Crippen molar-refractivity contribution in [1.29, 1.82) is 0 Å². The van der Waals surface area contributed by atoms with Crippen LogP contribution in [-0.2, 0) is 0 Å². The summed E-state index contributed by atoms with van der Waals surface area (Å²) >= 11 is 0. The number of hydrogen-bond acceptors (Lipinski definition) is 2. The van der Waals surface area contributed by atoms with Crippen LogP contribution in [0.4, 0.5) is 8.78 Å². The number of halogens is 2. The summed E-state index contributed by atoms with van der Waals surface area (Å²) in [7, 11) is 1.39. The molecule has 0 aromatic heterocycles. The lowest BCUT2D eigenvalue weighted by molar-refractivity contribution is 0.387. The predicted octanol–water partition coefficient (Wildman–Crippen LogP) is 4.31. The minimum Gasteiger partial charge on any atom is -0.494 e. The van der Waals surface area contributed by atoms with Crippen LogP contribution in [0.2, 0.25) is 0 Å². The van der Waals surface area contributed by atoms with Crippen molar-refractivity contribution in [3.05, 3.63) is 53.6 Å². The number of ether oxygens (including phenoxy) is 1. The predicted molar refractivity (Wildman–Crippen MR) is 80.4 cm³/mol. The lowest BCUT2D eigenvalue weighted by atomic mass is 9.99. The van der Waals surface area contributed by atoms with Gasteiger partial charge < -0.3 is 10.1 Å². The smallest absolute Gasteiger partial charge is 0.172 e. The Morgan fingerprint density at radius 3 is 2.57 bits per heavy atom. The van der Waals surface area contributed by atoms with Gasteiger partial charge in [-0.3, -0.25) is 0 Å². The van der Waals surface area contributed by atoms with Crippen LogP contribution in [0.25, 0.3) is 11.1 Å². The first-order valence-electron chi connectivity index (χ1n) is 6.94. The summed E-state index contributed by atoms with van der Waals surface area (Å²) in [4.78, 5) is 0. The van der Waals surface area contributed by atoms with E-state index in [2.05, 4.69) is 5.32 Å². The zero-order chi connectivity index (χ0) is 15.4. The van der Waals surface area contributed by atoms with Gasteiger partial charge in [-0.15, -0.1) is 0 Å². The first kappa shape index (κ1) is 15.4. The van der Waals surface area contributed by atoms with Crippen molar-refractivity contribution in [2.24, 2.45) is 0 Å². The third-order valence-electron chi connectivity index (χ3n) is 3.47. The van der Waals surface area contributed by atoms with E-state index in [0.29, 0.717) is 0 Å². The van der Waals surface area contributed by atoms with Gasteiger partial charge in [-0.2, -0.15) is 0 Å². The molecule has 0 spiro atoms. The highest BCUT2D eigenvalue weighted by molar-refractivity contribution is 5.67. The summed E-state index contributed by atoms with van der Waals surface area (Å²) in [5, 5.41) is 3.26. The van der Waals surface area contributed by atoms with Gasteiger partial charge in [0, 0.05) is 17.2 Å². The quantitative estimate of drug-likeness (QED) is 0.886. The zero-order valence-corrected chi connectivity index (χ0v) is 12.4. The Labute approximate surface area is 123 Å². The van der Waals surface area contributed by atoms with Gasteiger partial charge in [0.1, 0.15) is 5.82 Å². The maximum Gasteiger partial charge on any atom is 0.172 e. The zero-order valence-electron chi connectivity index (χ0n) is 12.4. The molecule has 112 valence electrons. The topological polar surface area (TPSA) is 21.3 Å². The van der Waals surface area contributed by atoms with Gasteiger partial charge in [0.05, 0.1) is 7.11 Å². The fourth-order valence-corrected chi connectivity index (χ4v) is 2.32. The Morgan fingerprint density at radius 2 is 1.90 bits per heavy atom. The van der Waals surface area contributed by atoms with Crippen LogP contribution in [0.5, 0.6) is 5.75 Å². The van der Waals surface area contributed by atoms with Gasteiger partial charge in [-0.05, 0) is 37.2 Å². The third-order valence-corrected chi connectivity index (χ3v) is 3.47. The summed E-state index contributed by atoms with van der Waals surface area (Å²) in [6.07, 6.45) is 0. The standard InChI is InChI=1S/C17H19F2NO/c1-4-20-11(2)12-8-9-15(18)14(10-12)13-6-5-7-16(21-3)17(13)19/h5-11,20H,4H2,1-3H3. The second-order valence-electron chi connectivity index (χ2n) is 4.84. The normalized spacial score (nSPS) is 12.2. The molecule has 0 bridgehead atoms. The third kappa shape index (κ3) is 3.22. The molecule has 1 atom stereocenters. The van der Waals surface area contributed by atoms with Crippen LogP contribution < -0.4 is 10.1 Å². The van der Waals surface area contributed by atoms with Gasteiger partial charge in [0.25, 0.3) is 0 Å². The lowest BCUT2D eigenvalue weighted by Crippen LogP contribution is -2.17. The maximum absolute atomic E-state index is 14.3. The Bertz CT molecular complexity index is 628. The van der Waals surface area contributed by atoms with E-state index < -0.39 is 11.6 Å². The fourth-order valence-electron chi connectivity index (χ4n) is 2.32. The van der Waals surface area contributed by atoms with E-state index in [1.165, 1.54) is 19.2 Å². The van der Waals surface area contributed by atoms with E-state index in [4.69, 9.17) is 4.74 Å². The molecular formula is C17H19F2NO. The first-order chi connectivity index (χ1) is 10.1. The van der Waals surface area contributed by atoms with Gasteiger partial charge in [-0.1, -0.05) is 25.1 Å². The monoisotopic (exact) mass is 291 g/mol. The Kier molecular flexibility index (Phi) is 4.91. The second-order valence-corrected chi connectivity index (χ2v) is 4.84. The summed E-state index contributed by atoms with van der Waals surface area (Å²) in [6.45, 7) is 4.80. The molecule has 0 aliphatic carbocycles. The summed E-state index contributed by atoms with van der Waals surface area (Å²) in [5.74, 6) is -0.890. The summed E-state index contributed by atoms with van der Waals surface area (Å²) in [6, 6.07) is 9.56. The number of rotatable bonds is 5. The van der Waals surface area contributed by atoms with Crippen molar-refractivity contribution in [3.63, 3.8) is 0 Å². The van der Waals surface area contributed by atoms with Gasteiger partial charge in [0.15, 0.2) is 11.6 Å². The first-order valence-corrected chi connectivity index (χ1v) is 6.94. The fraction of sp³-hybridized carbons (Fsp3) is 0.294. The summed E-state index contributed by atoms with van der Waals surface area (Å²) in [5.41, 5.74) is 1.36. The van der Waals surface area contributed by atoms with Crippen molar-refractivity contribution < 1.29 is 13.5 Å². The van der Waals surface area contributed by atoms with Crippen molar-refractivity contribution in [3.8, 4) is 16.9 Å². The van der Waals surface area contributed by atoms with Crippen LogP contribution >= 0.6 is 0 Å². The molecule has 2 aromatic carbocycles. The maximum atomic E-state index is 14.3. The number of benzene rings is 2. The highest BCUT2D eigenvalue weighted by Crippen LogP contribution is 2.32. The summed E-state index contributed by atoms with van der Waals surface area (Å²) < 4.78 is 33.4. The molecule has 2 nitrogen and oxygen atoms in total. The highest BCUT2D eigenvalue weighted by atomic mass is 19.1. The van der Waals surface area contributed by atoms with Gasteiger partial charge in [0.2, 0.25) is 0 Å². The molecule has 1 unspecified atom stereocenters. The number of nitrogens with one attached hydrogen (secondary N) is 1. The molecule has 0 aliphatic rings. The molecule has 4 heteroatoms. The van der Waals surface area contributed by atoms with Crippen molar-refractivity contribution in [2.45, 2.75) is 19.9 Å². The van der Waals surface area contributed by atoms with Gasteiger partial charge in [-0.25, -0.2) is 8.78 Å². The van der Waals surface area contributed by atoms with E-state index in [1.807, 2.05) is 13.8 Å². The number of hydrogen-bond donors (Lipinski definition) is 1. The molecule has 2 rings (SSSR count). The van der Waals surface area contributed by atoms with Crippen LogP contribution in [0.3, 0.4) is 0 Å². The van der Waals surface area contributed by atoms with Crippen LogP contribution in [-0.4, -0.2) is 13.7 Å². The molecule has 0 fully saturated rings. The molecule has 0 aliphatic heterocycles. The Balaban J connectivity index is 2.51. The minimum atomic E-state index is -0.549. The molecule has 2 aromatic rings. The largest absolute Gasteiger partial charge is 0.494 e. The van der Waals surface area contributed by atoms with Crippen molar-refractivity contribution in [2.75, 3.05) is 13.7 Å². The van der Waals surface area contributed by atoms with E-state index in [9.17, 15) is 8.78 Å². The molecule has 0 amide bonds. The molecule has 1 N–H and O–H groups in total. The van der Waals surface area contributed by atoms with Crippen LogP contribution in [0.1, 0.15) is 25.5 Å². The van der Waals surface area contributed by atoms with Crippen LogP contribution in [0, 0.1) is 11.6 Å². The minimum absolute atomic E-state index is 0.0722. The lowest BCUT2D eigenvalue weighted by Gasteiger charge is -2.15. The van der Waals surface area contributed by atoms with Crippen molar-refractivity contribution >= 4 is 0 Å². The molecule has 21 heavy (non-hydrogen) atoms. The van der Waals surface area contributed by atoms with E-state index in [-0.39, 0.29) is 22.9 Å². The highest BCUT2D eigenvalue weighted by Gasteiger charge is 2.15. The average molecular weight is 291 g/mol. The molecule has 0 radical (unpaired) electrons. The Morgan fingerprint density at radius 1 is 1.14 bits per heavy atom. The van der Waals surface area contributed by atoms with E-state index in [1.54, 1.807) is 24.3 Å². The van der Waals surface area contributed by atoms with Gasteiger partial charge >= 0.3 is 0 Å². The van der Waals surface area contributed by atoms with E-state index in [0.717, 1.165) is 12.1 Å². The Hall–Kier alpha value is -1.94. The molecule has 0 heterocycles. The van der Waals surface area contributed by atoms with E-state index >= 15 is 0 Å². The average Bonchev–Trinajstić information content (AvgIpc) is 2.48. The SMILES string of the molecule is CCNC(C)c1ccc(F)c(-c2cccc(OC)c2F)c1.